The molecule has 1 N–H and O–H groups in total. The van der Waals surface area contributed by atoms with Crippen LogP contribution in [0.2, 0.25) is 0 Å². The van der Waals surface area contributed by atoms with Crippen molar-refractivity contribution >= 4 is 5.69 Å². The van der Waals surface area contributed by atoms with Crippen LogP contribution in [0, 0.1) is 11.3 Å². The highest BCUT2D eigenvalue weighted by molar-refractivity contribution is 5.53. The van der Waals surface area contributed by atoms with Crippen LogP contribution in [-0.4, -0.2) is 26.4 Å². The van der Waals surface area contributed by atoms with Gasteiger partial charge in [-0.2, -0.15) is 18.4 Å². The van der Waals surface area contributed by atoms with Gasteiger partial charge in [0.05, 0.1) is 30.4 Å². The summed E-state index contributed by atoms with van der Waals surface area (Å²) in [6.45, 7) is 1.48. The topological polar surface area (TPSA) is 63.5 Å². The summed E-state index contributed by atoms with van der Waals surface area (Å²) in [6.07, 6.45) is -2.51. The summed E-state index contributed by atoms with van der Waals surface area (Å²) in [7, 11) is 1.53. The van der Waals surface area contributed by atoms with Crippen LogP contribution in [0.5, 0.6) is 11.5 Å². The van der Waals surface area contributed by atoms with Gasteiger partial charge >= 0.3 is 6.18 Å². The number of alkyl halides is 3. The van der Waals surface area contributed by atoms with E-state index in [0.29, 0.717) is 18.1 Å². The SMILES string of the molecule is COc1cc(CNc2ccc(C#N)c(C(F)(F)F)c2)ccc1OCC1CCCO1. The minimum atomic E-state index is -4.59. The normalized spacial score (nSPS) is 16.3. The van der Waals surface area contributed by atoms with Crippen LogP contribution in [0.15, 0.2) is 36.4 Å². The third-order valence-electron chi connectivity index (χ3n) is 4.62. The molecule has 0 aromatic heterocycles. The van der Waals surface area contributed by atoms with E-state index in [1.165, 1.54) is 13.2 Å². The number of hydrogen-bond donors (Lipinski definition) is 1. The second kappa shape index (κ2) is 9.05. The number of halogens is 3. The third-order valence-corrected chi connectivity index (χ3v) is 4.62. The van der Waals surface area contributed by atoms with Crippen LogP contribution >= 0.6 is 0 Å². The molecule has 2 aromatic carbocycles. The van der Waals surface area contributed by atoms with Crippen LogP contribution in [0.3, 0.4) is 0 Å². The zero-order valence-electron chi connectivity index (χ0n) is 15.9. The molecule has 5 nitrogen and oxygen atoms in total. The summed E-state index contributed by atoms with van der Waals surface area (Å²) in [5, 5.41) is 11.8. The van der Waals surface area contributed by atoms with Crippen molar-refractivity contribution in [3.05, 3.63) is 53.1 Å². The van der Waals surface area contributed by atoms with Crippen molar-refractivity contribution in [1.82, 2.24) is 0 Å². The van der Waals surface area contributed by atoms with E-state index in [0.717, 1.165) is 37.1 Å². The molecule has 0 saturated carbocycles. The number of methoxy groups -OCH3 is 1. The highest BCUT2D eigenvalue weighted by Gasteiger charge is 2.33. The molecule has 1 unspecified atom stereocenters. The summed E-state index contributed by atoms with van der Waals surface area (Å²) < 4.78 is 55.9. The second-order valence-electron chi connectivity index (χ2n) is 6.65. The Hall–Kier alpha value is -2.92. The van der Waals surface area contributed by atoms with Crippen molar-refractivity contribution < 1.29 is 27.4 Å². The first-order chi connectivity index (χ1) is 13.9. The zero-order valence-corrected chi connectivity index (χ0v) is 15.9. The van der Waals surface area contributed by atoms with Crippen LogP contribution < -0.4 is 14.8 Å². The largest absolute Gasteiger partial charge is 0.493 e. The van der Waals surface area contributed by atoms with E-state index in [1.54, 1.807) is 18.2 Å². The average molecular weight is 406 g/mol. The molecule has 1 aliphatic heterocycles. The molecule has 1 heterocycles. The van der Waals surface area contributed by atoms with Crippen LogP contribution in [0.25, 0.3) is 0 Å². The van der Waals surface area contributed by atoms with Crippen molar-refractivity contribution in [2.75, 3.05) is 25.6 Å². The zero-order chi connectivity index (χ0) is 20.9. The molecule has 1 atom stereocenters. The van der Waals surface area contributed by atoms with Gasteiger partial charge in [0.2, 0.25) is 0 Å². The smallest absolute Gasteiger partial charge is 0.417 e. The number of nitrogens with zero attached hydrogens (tertiary/aromatic N) is 1. The van der Waals surface area contributed by atoms with Crippen LogP contribution in [0.4, 0.5) is 18.9 Å². The van der Waals surface area contributed by atoms with Crippen molar-refractivity contribution in [2.45, 2.75) is 31.7 Å². The standard InChI is InChI=1S/C21H21F3N2O3/c1-27-20-9-14(4-7-19(20)29-13-17-3-2-8-28-17)12-26-16-6-5-15(11-25)18(10-16)21(22,23)24/h4-7,9-10,17,26H,2-3,8,12-13H2,1H3. The van der Waals surface area contributed by atoms with E-state index in [2.05, 4.69) is 5.32 Å². The summed E-state index contributed by atoms with van der Waals surface area (Å²) in [5.74, 6) is 1.13. The predicted molar refractivity (Wildman–Crippen MR) is 101 cm³/mol. The molecule has 0 spiro atoms. The molecule has 154 valence electrons. The molecular weight excluding hydrogens is 385 g/mol. The molecule has 2 aromatic rings. The number of nitrogens with one attached hydrogen (secondary N) is 1. The molecule has 0 aliphatic carbocycles. The Bertz CT molecular complexity index is 888. The Morgan fingerprint density at radius 3 is 2.69 bits per heavy atom. The van der Waals surface area contributed by atoms with Gasteiger partial charge in [0.25, 0.3) is 0 Å². The van der Waals surface area contributed by atoms with Crippen molar-refractivity contribution in [3.8, 4) is 17.6 Å². The Kier molecular flexibility index (Phi) is 6.49. The Balaban J connectivity index is 1.67. The van der Waals surface area contributed by atoms with Gasteiger partial charge in [0.1, 0.15) is 6.61 Å². The van der Waals surface area contributed by atoms with Crippen molar-refractivity contribution in [3.63, 3.8) is 0 Å². The lowest BCUT2D eigenvalue weighted by molar-refractivity contribution is -0.137. The van der Waals surface area contributed by atoms with Gasteiger partial charge in [0.15, 0.2) is 11.5 Å². The minimum absolute atomic E-state index is 0.0836. The maximum Gasteiger partial charge on any atom is 0.417 e. The fourth-order valence-corrected chi connectivity index (χ4v) is 3.09. The minimum Gasteiger partial charge on any atom is -0.493 e. The molecule has 29 heavy (non-hydrogen) atoms. The van der Waals surface area contributed by atoms with Crippen molar-refractivity contribution in [2.24, 2.45) is 0 Å². The average Bonchev–Trinajstić information content (AvgIpc) is 3.23. The Morgan fingerprint density at radius 2 is 2.03 bits per heavy atom. The number of hydrogen-bond acceptors (Lipinski definition) is 5. The summed E-state index contributed by atoms with van der Waals surface area (Å²) in [4.78, 5) is 0. The highest BCUT2D eigenvalue weighted by atomic mass is 19.4. The van der Waals surface area contributed by atoms with Gasteiger partial charge in [-0.15, -0.1) is 0 Å². The fourth-order valence-electron chi connectivity index (χ4n) is 3.09. The lowest BCUT2D eigenvalue weighted by Crippen LogP contribution is -2.16. The number of rotatable bonds is 7. The van der Waals surface area contributed by atoms with Gasteiger partial charge in [0, 0.05) is 18.8 Å². The maximum atomic E-state index is 13.1. The first kappa shape index (κ1) is 20.8. The lowest BCUT2D eigenvalue weighted by Gasteiger charge is -2.16. The molecule has 0 amide bonds. The van der Waals surface area contributed by atoms with E-state index in [4.69, 9.17) is 19.5 Å². The van der Waals surface area contributed by atoms with E-state index >= 15 is 0 Å². The van der Waals surface area contributed by atoms with E-state index in [1.807, 2.05) is 6.07 Å². The lowest BCUT2D eigenvalue weighted by atomic mass is 10.1. The summed E-state index contributed by atoms with van der Waals surface area (Å²) in [6, 6.07) is 10.5. The van der Waals surface area contributed by atoms with Gasteiger partial charge in [-0.1, -0.05) is 6.07 Å². The highest BCUT2D eigenvalue weighted by Crippen LogP contribution is 2.34. The molecule has 1 fully saturated rings. The number of nitriles is 1. The van der Waals surface area contributed by atoms with Crippen molar-refractivity contribution in [1.29, 1.82) is 5.26 Å². The van der Waals surface area contributed by atoms with Crippen LogP contribution in [0.1, 0.15) is 29.5 Å². The Morgan fingerprint density at radius 1 is 1.21 bits per heavy atom. The van der Waals surface area contributed by atoms with Gasteiger partial charge in [-0.05, 0) is 48.7 Å². The predicted octanol–water partition coefficient (Wildman–Crippen LogP) is 4.76. The van der Waals surface area contributed by atoms with Gasteiger partial charge in [-0.25, -0.2) is 0 Å². The van der Waals surface area contributed by atoms with E-state index in [-0.39, 0.29) is 18.3 Å². The fraction of sp³-hybridized carbons (Fsp3) is 0.381. The number of ether oxygens (including phenoxy) is 3. The van der Waals surface area contributed by atoms with Gasteiger partial charge in [-0.3, -0.25) is 0 Å². The molecular formula is C21H21F3N2O3. The Labute approximate surface area is 167 Å². The first-order valence-electron chi connectivity index (χ1n) is 9.17. The molecule has 0 radical (unpaired) electrons. The molecule has 8 heteroatoms. The summed E-state index contributed by atoms with van der Waals surface area (Å²) >= 11 is 0. The molecule has 0 bridgehead atoms. The number of benzene rings is 2. The summed E-state index contributed by atoms with van der Waals surface area (Å²) in [5.41, 5.74) is -0.281. The van der Waals surface area contributed by atoms with Crippen LogP contribution in [-0.2, 0) is 17.5 Å². The molecule has 1 saturated heterocycles. The van der Waals surface area contributed by atoms with E-state index in [9.17, 15) is 13.2 Å². The number of anilines is 1. The third kappa shape index (κ3) is 5.33. The molecule has 1 aliphatic rings. The quantitative estimate of drug-likeness (QED) is 0.719. The van der Waals surface area contributed by atoms with Gasteiger partial charge < -0.3 is 19.5 Å². The van der Waals surface area contributed by atoms with E-state index < -0.39 is 17.3 Å². The molecule has 3 rings (SSSR count). The second-order valence-corrected chi connectivity index (χ2v) is 6.65. The maximum absolute atomic E-state index is 13.1. The monoisotopic (exact) mass is 406 g/mol. The first-order valence-corrected chi connectivity index (χ1v) is 9.17.